The minimum Gasteiger partial charge on any atom is -0.462 e. The zero-order chi connectivity index (χ0) is 16.0. The van der Waals surface area contributed by atoms with Gasteiger partial charge in [-0.2, -0.15) is 0 Å². The number of esters is 2. The molecule has 0 radical (unpaired) electrons. The van der Waals surface area contributed by atoms with E-state index < -0.39 is 11.9 Å². The van der Waals surface area contributed by atoms with E-state index in [0.717, 1.165) is 11.3 Å². The summed E-state index contributed by atoms with van der Waals surface area (Å²) in [5, 5.41) is 2.82. The minimum absolute atomic E-state index is 0.0698. The molecule has 0 unspecified atom stereocenters. The summed E-state index contributed by atoms with van der Waals surface area (Å²) in [4.78, 5) is 35.4. The van der Waals surface area contributed by atoms with Crippen molar-refractivity contribution in [2.75, 3.05) is 18.5 Å². The lowest BCUT2D eigenvalue weighted by Gasteiger charge is -2.05. The van der Waals surface area contributed by atoms with Gasteiger partial charge in [0.15, 0.2) is 0 Å². The standard InChI is InChI=1S/C14H17NO5S/c1-5-7-20-14(18)11-8(3)10(13(17)19-6-2)12(21-11)15-9(4)16/h5H,1,6-7H2,2-4H3,(H,15,16). The number of ether oxygens (including phenoxy) is 2. The summed E-state index contributed by atoms with van der Waals surface area (Å²) in [5.41, 5.74) is 0.610. The number of amides is 1. The highest BCUT2D eigenvalue weighted by molar-refractivity contribution is 7.18. The summed E-state index contributed by atoms with van der Waals surface area (Å²) in [6.07, 6.45) is 1.45. The van der Waals surface area contributed by atoms with Crippen molar-refractivity contribution in [3.8, 4) is 0 Å². The van der Waals surface area contributed by atoms with Crippen LogP contribution in [-0.4, -0.2) is 31.1 Å². The largest absolute Gasteiger partial charge is 0.462 e. The van der Waals surface area contributed by atoms with Gasteiger partial charge in [0.25, 0.3) is 0 Å². The van der Waals surface area contributed by atoms with E-state index in [1.165, 1.54) is 13.0 Å². The van der Waals surface area contributed by atoms with Gasteiger partial charge in [0.05, 0.1) is 12.2 Å². The Morgan fingerprint density at radius 3 is 2.48 bits per heavy atom. The van der Waals surface area contributed by atoms with E-state index in [9.17, 15) is 14.4 Å². The number of thiophene rings is 1. The molecule has 7 heteroatoms. The molecule has 0 fully saturated rings. The molecule has 1 aromatic rings. The third-order valence-electron chi connectivity index (χ3n) is 2.43. The van der Waals surface area contributed by atoms with E-state index in [2.05, 4.69) is 11.9 Å². The molecular formula is C14H17NO5S. The van der Waals surface area contributed by atoms with Crippen LogP contribution in [0.3, 0.4) is 0 Å². The van der Waals surface area contributed by atoms with Gasteiger partial charge in [-0.05, 0) is 19.4 Å². The first-order valence-corrected chi connectivity index (χ1v) is 7.10. The van der Waals surface area contributed by atoms with E-state index >= 15 is 0 Å². The second-order valence-electron chi connectivity index (χ2n) is 4.05. The second kappa shape index (κ2) is 7.58. The van der Waals surface area contributed by atoms with Crippen LogP contribution in [0.5, 0.6) is 0 Å². The van der Waals surface area contributed by atoms with Crippen molar-refractivity contribution in [2.45, 2.75) is 20.8 Å². The lowest BCUT2D eigenvalue weighted by Crippen LogP contribution is -2.12. The first-order valence-electron chi connectivity index (χ1n) is 6.28. The summed E-state index contributed by atoms with van der Waals surface area (Å²) in [6.45, 7) is 8.33. The Bertz CT molecular complexity index is 576. The van der Waals surface area contributed by atoms with Crippen LogP contribution in [0.2, 0.25) is 0 Å². The fourth-order valence-electron chi connectivity index (χ4n) is 1.61. The topological polar surface area (TPSA) is 81.7 Å². The van der Waals surface area contributed by atoms with Crippen molar-refractivity contribution in [1.82, 2.24) is 0 Å². The molecule has 1 amide bonds. The highest BCUT2D eigenvalue weighted by Gasteiger charge is 2.26. The molecular weight excluding hydrogens is 294 g/mol. The average Bonchev–Trinajstić information content (AvgIpc) is 2.72. The molecule has 114 valence electrons. The van der Waals surface area contributed by atoms with Crippen LogP contribution in [0.15, 0.2) is 12.7 Å². The van der Waals surface area contributed by atoms with Crippen LogP contribution in [0.4, 0.5) is 5.00 Å². The molecule has 6 nitrogen and oxygen atoms in total. The Hall–Kier alpha value is -2.15. The normalized spacial score (nSPS) is 9.86. The van der Waals surface area contributed by atoms with Crippen molar-refractivity contribution >= 4 is 34.2 Å². The van der Waals surface area contributed by atoms with Crippen molar-refractivity contribution in [3.63, 3.8) is 0 Å². The molecule has 1 aromatic heterocycles. The number of rotatable bonds is 6. The maximum absolute atomic E-state index is 12.0. The molecule has 0 aromatic carbocycles. The van der Waals surface area contributed by atoms with Gasteiger partial charge < -0.3 is 14.8 Å². The van der Waals surface area contributed by atoms with Crippen LogP contribution >= 0.6 is 11.3 Å². The molecule has 21 heavy (non-hydrogen) atoms. The predicted molar refractivity (Wildman–Crippen MR) is 79.8 cm³/mol. The van der Waals surface area contributed by atoms with Gasteiger partial charge in [0.1, 0.15) is 16.5 Å². The maximum Gasteiger partial charge on any atom is 0.348 e. The molecule has 0 atom stereocenters. The minimum atomic E-state index is -0.585. The Balaban J connectivity index is 3.22. The summed E-state index contributed by atoms with van der Waals surface area (Å²) in [6, 6.07) is 0. The molecule has 0 bridgehead atoms. The Morgan fingerprint density at radius 2 is 1.95 bits per heavy atom. The predicted octanol–water partition coefficient (Wildman–Crippen LogP) is 2.53. The lowest BCUT2D eigenvalue weighted by molar-refractivity contribution is -0.114. The van der Waals surface area contributed by atoms with Crippen molar-refractivity contribution in [2.24, 2.45) is 0 Å². The summed E-state index contributed by atoms with van der Waals surface area (Å²) in [7, 11) is 0. The Labute approximate surface area is 126 Å². The van der Waals surface area contributed by atoms with E-state index in [1.54, 1.807) is 13.8 Å². The smallest absolute Gasteiger partial charge is 0.348 e. The SMILES string of the molecule is C=CCOC(=O)c1sc(NC(C)=O)c(C(=O)OCC)c1C. The summed E-state index contributed by atoms with van der Waals surface area (Å²) >= 11 is 0.986. The fourth-order valence-corrected chi connectivity index (χ4v) is 2.74. The molecule has 0 aliphatic carbocycles. The number of carbonyl (C=O) groups is 3. The average molecular weight is 311 g/mol. The van der Waals surface area contributed by atoms with E-state index in [0.29, 0.717) is 5.56 Å². The van der Waals surface area contributed by atoms with Crippen LogP contribution in [0.25, 0.3) is 0 Å². The van der Waals surface area contributed by atoms with Crippen molar-refractivity contribution < 1.29 is 23.9 Å². The number of hydrogen-bond acceptors (Lipinski definition) is 6. The maximum atomic E-state index is 12.0. The van der Waals surface area contributed by atoms with Gasteiger partial charge in [-0.1, -0.05) is 12.7 Å². The van der Waals surface area contributed by atoms with E-state index in [4.69, 9.17) is 9.47 Å². The molecule has 0 saturated heterocycles. The van der Waals surface area contributed by atoms with E-state index in [-0.39, 0.29) is 34.6 Å². The Morgan fingerprint density at radius 1 is 1.29 bits per heavy atom. The highest BCUT2D eigenvalue weighted by atomic mass is 32.1. The quantitative estimate of drug-likeness (QED) is 0.645. The Kier molecular flexibility index (Phi) is 6.10. The summed E-state index contributed by atoms with van der Waals surface area (Å²) in [5.74, 6) is -1.50. The van der Waals surface area contributed by atoms with Gasteiger partial charge in [-0.25, -0.2) is 9.59 Å². The third kappa shape index (κ3) is 4.16. The zero-order valence-corrected chi connectivity index (χ0v) is 13.0. The fraction of sp³-hybridized carbons (Fsp3) is 0.357. The van der Waals surface area contributed by atoms with Crippen LogP contribution in [0.1, 0.15) is 39.4 Å². The van der Waals surface area contributed by atoms with Gasteiger partial charge in [0, 0.05) is 6.92 Å². The van der Waals surface area contributed by atoms with E-state index in [1.807, 2.05) is 0 Å². The van der Waals surface area contributed by atoms with Crippen molar-refractivity contribution in [1.29, 1.82) is 0 Å². The van der Waals surface area contributed by atoms with Crippen LogP contribution in [-0.2, 0) is 14.3 Å². The molecule has 0 saturated carbocycles. The van der Waals surface area contributed by atoms with Gasteiger partial charge in [-0.3, -0.25) is 4.79 Å². The molecule has 1 rings (SSSR count). The van der Waals surface area contributed by atoms with Crippen molar-refractivity contribution in [3.05, 3.63) is 28.7 Å². The molecule has 1 N–H and O–H groups in total. The first-order chi connectivity index (χ1) is 9.92. The second-order valence-corrected chi connectivity index (χ2v) is 5.07. The third-order valence-corrected chi connectivity index (χ3v) is 3.62. The van der Waals surface area contributed by atoms with Gasteiger partial charge in [0.2, 0.25) is 5.91 Å². The summed E-state index contributed by atoms with van der Waals surface area (Å²) < 4.78 is 9.91. The number of carbonyl (C=O) groups excluding carboxylic acids is 3. The van der Waals surface area contributed by atoms with Crippen LogP contribution in [0, 0.1) is 6.92 Å². The lowest BCUT2D eigenvalue weighted by atomic mass is 10.1. The van der Waals surface area contributed by atoms with Gasteiger partial charge in [-0.15, -0.1) is 11.3 Å². The van der Waals surface area contributed by atoms with Crippen LogP contribution < -0.4 is 5.32 Å². The first kappa shape index (κ1) is 16.9. The highest BCUT2D eigenvalue weighted by Crippen LogP contribution is 2.34. The number of anilines is 1. The number of hydrogen-bond donors (Lipinski definition) is 1. The zero-order valence-electron chi connectivity index (χ0n) is 12.1. The molecule has 0 aliphatic heterocycles. The van der Waals surface area contributed by atoms with Gasteiger partial charge >= 0.3 is 11.9 Å². The monoisotopic (exact) mass is 311 g/mol. The molecule has 1 heterocycles. The molecule has 0 spiro atoms. The molecule has 0 aliphatic rings. The number of nitrogens with one attached hydrogen (secondary N) is 1.